The second-order valence-electron chi connectivity index (χ2n) is 4.53. The topological polar surface area (TPSA) is 62.3 Å². The van der Waals surface area contributed by atoms with E-state index < -0.39 is 0 Å². The predicted octanol–water partition coefficient (Wildman–Crippen LogP) is 3.37. The molecule has 0 fully saturated rings. The van der Waals surface area contributed by atoms with Gasteiger partial charge in [-0.3, -0.25) is 0 Å². The van der Waals surface area contributed by atoms with E-state index in [4.69, 9.17) is 15.2 Å². The van der Waals surface area contributed by atoms with Gasteiger partial charge in [-0.15, -0.1) is 0 Å². The maximum absolute atomic E-state index is 6.03. The summed E-state index contributed by atoms with van der Waals surface area (Å²) in [6.07, 6.45) is 0.972. The highest BCUT2D eigenvalue weighted by Crippen LogP contribution is 2.30. The molecule has 5 heteroatoms. The summed E-state index contributed by atoms with van der Waals surface area (Å²) < 4.78 is 13.1. The van der Waals surface area contributed by atoms with Gasteiger partial charge >= 0.3 is 0 Å². The van der Waals surface area contributed by atoms with Gasteiger partial charge in [-0.1, -0.05) is 6.92 Å². The van der Waals surface area contributed by atoms with Gasteiger partial charge in [0.15, 0.2) is 0 Å². The summed E-state index contributed by atoms with van der Waals surface area (Å²) in [7, 11) is 0. The number of nitrogens with zero attached hydrogens (tertiary/aromatic N) is 2. The number of anilines is 1. The molecule has 0 aliphatic carbocycles. The van der Waals surface area contributed by atoms with Gasteiger partial charge < -0.3 is 15.2 Å². The standard InChI is InChI=1S/C15H21N3O2/c1-4-10-18-15(14(16)11(3)17-18)20-13-8-6-12(7-9-13)19-5-2/h6-9H,4-5,10,16H2,1-3H3. The molecule has 0 atom stereocenters. The Balaban J connectivity index is 2.20. The Bertz CT molecular complexity index is 561. The van der Waals surface area contributed by atoms with Gasteiger partial charge in [-0.05, 0) is 44.5 Å². The largest absolute Gasteiger partial charge is 0.494 e. The quantitative estimate of drug-likeness (QED) is 0.878. The lowest BCUT2D eigenvalue weighted by Crippen LogP contribution is -2.02. The van der Waals surface area contributed by atoms with E-state index in [1.165, 1.54) is 0 Å². The molecule has 1 heterocycles. The van der Waals surface area contributed by atoms with Crippen LogP contribution in [0.2, 0.25) is 0 Å². The molecular weight excluding hydrogens is 254 g/mol. The second kappa shape index (κ2) is 6.32. The first-order valence-corrected chi connectivity index (χ1v) is 6.89. The summed E-state index contributed by atoms with van der Waals surface area (Å²) in [4.78, 5) is 0. The number of aromatic nitrogens is 2. The molecule has 1 aromatic carbocycles. The molecule has 2 rings (SSSR count). The summed E-state index contributed by atoms with van der Waals surface area (Å²) >= 11 is 0. The Morgan fingerprint density at radius 2 is 1.80 bits per heavy atom. The molecule has 2 N–H and O–H groups in total. The zero-order chi connectivity index (χ0) is 14.5. The first-order valence-electron chi connectivity index (χ1n) is 6.89. The number of ether oxygens (including phenoxy) is 2. The Kier molecular flexibility index (Phi) is 4.50. The van der Waals surface area contributed by atoms with Crippen LogP contribution < -0.4 is 15.2 Å². The molecule has 0 saturated carbocycles. The molecule has 20 heavy (non-hydrogen) atoms. The third-order valence-electron chi connectivity index (χ3n) is 2.91. The van der Waals surface area contributed by atoms with Crippen molar-refractivity contribution >= 4 is 5.69 Å². The zero-order valence-electron chi connectivity index (χ0n) is 12.2. The molecule has 0 saturated heterocycles. The number of hydrogen-bond donors (Lipinski definition) is 1. The Morgan fingerprint density at radius 1 is 1.15 bits per heavy atom. The smallest absolute Gasteiger partial charge is 0.241 e. The van der Waals surface area contributed by atoms with Crippen LogP contribution in [0.25, 0.3) is 0 Å². The van der Waals surface area contributed by atoms with E-state index in [0.29, 0.717) is 18.2 Å². The average molecular weight is 275 g/mol. The minimum absolute atomic E-state index is 0.590. The summed E-state index contributed by atoms with van der Waals surface area (Å²) in [6.45, 7) is 7.36. The van der Waals surface area contributed by atoms with Crippen LogP contribution >= 0.6 is 0 Å². The van der Waals surface area contributed by atoms with Crippen molar-refractivity contribution in [1.29, 1.82) is 0 Å². The van der Waals surface area contributed by atoms with Crippen molar-refractivity contribution in [2.45, 2.75) is 33.7 Å². The van der Waals surface area contributed by atoms with Crippen LogP contribution in [0, 0.1) is 6.92 Å². The van der Waals surface area contributed by atoms with Crippen molar-refractivity contribution in [3.8, 4) is 17.4 Å². The molecule has 0 radical (unpaired) electrons. The van der Waals surface area contributed by atoms with E-state index in [1.807, 2.05) is 38.1 Å². The number of benzene rings is 1. The van der Waals surface area contributed by atoms with E-state index in [1.54, 1.807) is 4.68 Å². The summed E-state index contributed by atoms with van der Waals surface area (Å²) in [6, 6.07) is 7.48. The van der Waals surface area contributed by atoms with Crippen molar-refractivity contribution in [1.82, 2.24) is 9.78 Å². The van der Waals surface area contributed by atoms with Gasteiger partial charge in [0.25, 0.3) is 0 Å². The monoisotopic (exact) mass is 275 g/mol. The van der Waals surface area contributed by atoms with Gasteiger partial charge in [0.05, 0.1) is 12.3 Å². The van der Waals surface area contributed by atoms with Gasteiger partial charge in [0.2, 0.25) is 5.88 Å². The van der Waals surface area contributed by atoms with E-state index in [2.05, 4.69) is 12.0 Å². The van der Waals surface area contributed by atoms with Crippen LogP contribution in [0.1, 0.15) is 26.0 Å². The average Bonchev–Trinajstić information content (AvgIpc) is 2.70. The number of nitrogens with two attached hydrogens (primary N) is 1. The van der Waals surface area contributed by atoms with E-state index in [9.17, 15) is 0 Å². The highest BCUT2D eigenvalue weighted by Gasteiger charge is 2.14. The SMILES string of the molecule is CCCn1nc(C)c(N)c1Oc1ccc(OCC)cc1. The Morgan fingerprint density at radius 3 is 2.40 bits per heavy atom. The lowest BCUT2D eigenvalue weighted by atomic mass is 10.3. The fraction of sp³-hybridized carbons (Fsp3) is 0.400. The highest BCUT2D eigenvalue weighted by molar-refractivity contribution is 5.54. The van der Waals surface area contributed by atoms with Crippen molar-refractivity contribution in [2.24, 2.45) is 0 Å². The number of hydrogen-bond acceptors (Lipinski definition) is 4. The van der Waals surface area contributed by atoms with E-state index in [-0.39, 0.29) is 0 Å². The number of rotatable bonds is 6. The third-order valence-corrected chi connectivity index (χ3v) is 2.91. The third kappa shape index (κ3) is 3.04. The van der Waals surface area contributed by atoms with Crippen LogP contribution in [-0.2, 0) is 6.54 Å². The Hall–Kier alpha value is -2.17. The molecular formula is C15H21N3O2. The molecule has 5 nitrogen and oxygen atoms in total. The van der Waals surface area contributed by atoms with Crippen molar-refractivity contribution in [3.63, 3.8) is 0 Å². The van der Waals surface area contributed by atoms with E-state index >= 15 is 0 Å². The van der Waals surface area contributed by atoms with Gasteiger partial charge in [-0.2, -0.15) is 5.10 Å². The minimum atomic E-state index is 0.590. The molecule has 0 spiro atoms. The summed E-state index contributed by atoms with van der Waals surface area (Å²) in [5.74, 6) is 2.15. The van der Waals surface area contributed by atoms with Crippen molar-refractivity contribution in [3.05, 3.63) is 30.0 Å². The van der Waals surface area contributed by atoms with Crippen molar-refractivity contribution < 1.29 is 9.47 Å². The van der Waals surface area contributed by atoms with Crippen LogP contribution in [0.3, 0.4) is 0 Å². The Labute approximate surface area is 119 Å². The fourth-order valence-corrected chi connectivity index (χ4v) is 1.93. The first kappa shape index (κ1) is 14.2. The fourth-order valence-electron chi connectivity index (χ4n) is 1.93. The zero-order valence-corrected chi connectivity index (χ0v) is 12.2. The molecule has 0 aliphatic rings. The van der Waals surface area contributed by atoms with Gasteiger partial charge in [0.1, 0.15) is 17.2 Å². The summed E-state index contributed by atoms with van der Waals surface area (Å²) in [5, 5.41) is 4.39. The number of aryl methyl sites for hydroxylation is 2. The van der Waals surface area contributed by atoms with Crippen LogP contribution in [0.4, 0.5) is 5.69 Å². The van der Waals surface area contributed by atoms with Crippen LogP contribution in [0.5, 0.6) is 17.4 Å². The summed E-state index contributed by atoms with van der Waals surface area (Å²) in [5.41, 5.74) is 7.41. The molecule has 1 aromatic heterocycles. The lowest BCUT2D eigenvalue weighted by Gasteiger charge is -2.10. The van der Waals surface area contributed by atoms with Crippen molar-refractivity contribution in [2.75, 3.05) is 12.3 Å². The van der Waals surface area contributed by atoms with E-state index in [0.717, 1.165) is 30.2 Å². The molecule has 108 valence electrons. The number of nitrogen functional groups attached to an aromatic ring is 1. The minimum Gasteiger partial charge on any atom is -0.494 e. The molecule has 0 unspecified atom stereocenters. The van der Waals surface area contributed by atoms with Crippen LogP contribution in [0.15, 0.2) is 24.3 Å². The van der Waals surface area contributed by atoms with Crippen LogP contribution in [-0.4, -0.2) is 16.4 Å². The normalized spacial score (nSPS) is 10.6. The second-order valence-corrected chi connectivity index (χ2v) is 4.53. The van der Waals surface area contributed by atoms with Gasteiger partial charge in [-0.25, -0.2) is 4.68 Å². The maximum atomic E-state index is 6.03. The molecule has 0 aliphatic heterocycles. The maximum Gasteiger partial charge on any atom is 0.241 e. The predicted molar refractivity (Wildman–Crippen MR) is 79.4 cm³/mol. The molecule has 2 aromatic rings. The highest BCUT2D eigenvalue weighted by atomic mass is 16.5. The molecule has 0 bridgehead atoms. The molecule has 0 amide bonds. The first-order chi connectivity index (χ1) is 9.65. The lowest BCUT2D eigenvalue weighted by molar-refractivity contribution is 0.339. The van der Waals surface area contributed by atoms with Gasteiger partial charge in [0, 0.05) is 6.54 Å².